The third-order valence-electron chi connectivity index (χ3n) is 5.57. The summed E-state index contributed by atoms with van der Waals surface area (Å²) in [6.45, 7) is 13.3. The molecule has 2 saturated heterocycles. The molecule has 0 bridgehead atoms. The number of nitrogens with one attached hydrogen (secondary N) is 1. The molecule has 0 radical (unpaired) electrons. The van der Waals surface area contributed by atoms with Gasteiger partial charge in [0.25, 0.3) is 0 Å². The molecule has 0 aliphatic carbocycles. The van der Waals surface area contributed by atoms with Gasteiger partial charge in [0.05, 0.1) is 0 Å². The molecular weight excluding hydrogens is 332 g/mol. The Bertz CT molecular complexity index is 451. The predicted molar refractivity (Wildman–Crippen MR) is 118 cm³/mol. The van der Waals surface area contributed by atoms with Gasteiger partial charge in [-0.3, -0.25) is 4.90 Å². The van der Waals surface area contributed by atoms with Crippen molar-refractivity contribution in [2.24, 2.45) is 5.92 Å². The average molecular weight is 377 g/mol. The van der Waals surface area contributed by atoms with Crippen LogP contribution in [0.3, 0.4) is 0 Å². The molecule has 27 heavy (non-hydrogen) atoms. The van der Waals surface area contributed by atoms with Crippen molar-refractivity contribution in [3.63, 3.8) is 0 Å². The quantitative estimate of drug-likeness (QED) is 0.664. The fourth-order valence-electron chi connectivity index (χ4n) is 4.01. The highest BCUT2D eigenvalue weighted by atomic mass is 16.3. The van der Waals surface area contributed by atoms with E-state index in [1.165, 1.54) is 76.6 Å². The summed E-state index contributed by atoms with van der Waals surface area (Å²) in [7, 11) is 0. The molecule has 1 aromatic carbocycles. The Morgan fingerprint density at radius 1 is 1.04 bits per heavy atom. The summed E-state index contributed by atoms with van der Waals surface area (Å²) >= 11 is 0. The van der Waals surface area contributed by atoms with Gasteiger partial charge >= 0.3 is 0 Å². The second kappa shape index (κ2) is 14.9. The number of nitrogens with zero attached hydrogens (tertiary/aromatic N) is 1. The molecule has 0 amide bonds. The first-order chi connectivity index (χ1) is 13.2. The molecule has 1 aromatic rings. The Labute approximate surface area is 168 Å². The summed E-state index contributed by atoms with van der Waals surface area (Å²) in [5.41, 5.74) is 1.30. The van der Waals surface area contributed by atoms with Crippen molar-refractivity contribution in [2.45, 2.75) is 91.6 Å². The number of rotatable bonds is 5. The van der Waals surface area contributed by atoms with Crippen LogP contribution in [0, 0.1) is 5.92 Å². The number of likely N-dealkylation sites (tertiary alicyclic amines) is 1. The van der Waals surface area contributed by atoms with Gasteiger partial charge in [-0.05, 0) is 68.8 Å². The molecule has 2 aliphatic rings. The smallest absolute Gasteiger partial charge is 0.115 e. The molecule has 0 saturated carbocycles. The van der Waals surface area contributed by atoms with Crippen molar-refractivity contribution in [3.05, 3.63) is 29.8 Å². The molecule has 0 spiro atoms. The molecule has 0 aromatic heterocycles. The minimum absolute atomic E-state index is 0.355. The van der Waals surface area contributed by atoms with E-state index in [0.29, 0.717) is 5.75 Å². The third kappa shape index (κ3) is 10.2. The largest absolute Gasteiger partial charge is 0.508 e. The summed E-state index contributed by atoms with van der Waals surface area (Å²) in [5.74, 6) is 1.24. The Hall–Kier alpha value is -1.06. The SMILES string of the molecule is CC.CCC1CCCN(Cc2ccc(O)cc2)C1.CCCC1CCCCN1. The van der Waals surface area contributed by atoms with Crippen LogP contribution >= 0.6 is 0 Å². The Kier molecular flexibility index (Phi) is 13.3. The third-order valence-corrected chi connectivity index (χ3v) is 5.57. The number of aromatic hydroxyl groups is 1. The minimum Gasteiger partial charge on any atom is -0.508 e. The number of piperidine rings is 2. The molecule has 2 aliphatic heterocycles. The maximum absolute atomic E-state index is 9.23. The van der Waals surface area contributed by atoms with Crippen LogP contribution in [0.25, 0.3) is 0 Å². The summed E-state index contributed by atoms with van der Waals surface area (Å²) in [4.78, 5) is 2.53. The fourth-order valence-corrected chi connectivity index (χ4v) is 4.01. The van der Waals surface area contributed by atoms with Crippen molar-refractivity contribution in [1.82, 2.24) is 10.2 Å². The van der Waals surface area contributed by atoms with Gasteiger partial charge in [-0.15, -0.1) is 0 Å². The first-order valence-corrected chi connectivity index (χ1v) is 11.4. The summed E-state index contributed by atoms with van der Waals surface area (Å²) in [5, 5.41) is 12.7. The second-order valence-electron chi connectivity index (χ2n) is 7.75. The van der Waals surface area contributed by atoms with Crippen LogP contribution in [0.2, 0.25) is 0 Å². The topological polar surface area (TPSA) is 35.5 Å². The van der Waals surface area contributed by atoms with Gasteiger partial charge in [-0.2, -0.15) is 0 Å². The van der Waals surface area contributed by atoms with E-state index in [0.717, 1.165) is 18.5 Å². The van der Waals surface area contributed by atoms with Crippen molar-refractivity contribution in [2.75, 3.05) is 19.6 Å². The maximum atomic E-state index is 9.23. The second-order valence-corrected chi connectivity index (χ2v) is 7.75. The first kappa shape index (κ1) is 24.0. The van der Waals surface area contributed by atoms with Crippen LogP contribution in [0.5, 0.6) is 5.75 Å². The molecule has 3 heteroatoms. The van der Waals surface area contributed by atoms with Crippen molar-refractivity contribution >= 4 is 0 Å². The van der Waals surface area contributed by atoms with Gasteiger partial charge in [0.1, 0.15) is 5.75 Å². The van der Waals surface area contributed by atoms with Crippen LogP contribution in [-0.4, -0.2) is 35.7 Å². The van der Waals surface area contributed by atoms with E-state index in [1.54, 1.807) is 12.1 Å². The van der Waals surface area contributed by atoms with Crippen molar-refractivity contribution in [1.29, 1.82) is 0 Å². The van der Waals surface area contributed by atoms with Crippen LogP contribution in [-0.2, 0) is 6.54 Å². The number of hydrogen-bond donors (Lipinski definition) is 2. The normalized spacial score (nSPS) is 22.8. The zero-order chi connectivity index (χ0) is 19.9. The number of hydrogen-bond acceptors (Lipinski definition) is 3. The number of phenols is 1. The van der Waals surface area contributed by atoms with Crippen LogP contribution in [0.4, 0.5) is 0 Å². The maximum Gasteiger partial charge on any atom is 0.115 e. The molecule has 2 N–H and O–H groups in total. The highest BCUT2D eigenvalue weighted by Crippen LogP contribution is 2.21. The highest BCUT2D eigenvalue weighted by Gasteiger charge is 2.18. The van der Waals surface area contributed by atoms with E-state index < -0.39 is 0 Å². The fraction of sp³-hybridized carbons (Fsp3) is 0.750. The van der Waals surface area contributed by atoms with E-state index in [4.69, 9.17) is 0 Å². The predicted octanol–water partition coefficient (Wildman–Crippen LogP) is 5.97. The summed E-state index contributed by atoms with van der Waals surface area (Å²) in [6.07, 6.45) is 11.0. The summed E-state index contributed by atoms with van der Waals surface area (Å²) < 4.78 is 0. The Morgan fingerprint density at radius 3 is 2.37 bits per heavy atom. The van der Waals surface area contributed by atoms with Gasteiger partial charge in [0, 0.05) is 19.1 Å². The molecule has 2 fully saturated rings. The zero-order valence-corrected chi connectivity index (χ0v) is 18.3. The molecule has 3 nitrogen and oxygen atoms in total. The van der Waals surface area contributed by atoms with E-state index in [-0.39, 0.29) is 0 Å². The van der Waals surface area contributed by atoms with Gasteiger partial charge < -0.3 is 10.4 Å². The van der Waals surface area contributed by atoms with E-state index >= 15 is 0 Å². The first-order valence-electron chi connectivity index (χ1n) is 11.4. The lowest BCUT2D eigenvalue weighted by molar-refractivity contribution is 0.164. The Balaban J connectivity index is 0.000000282. The molecule has 2 unspecified atom stereocenters. The lowest BCUT2D eigenvalue weighted by Crippen LogP contribution is -2.34. The standard InChI is InChI=1S/C14H21NO.C8H17N.C2H6/c1-2-12-4-3-9-15(10-12)11-13-5-7-14(16)8-6-13;1-2-5-8-6-3-4-7-9-8;1-2/h5-8,12,16H,2-4,9-11H2,1H3;8-9H,2-7H2,1H3;1-2H3. The molecule has 3 rings (SSSR count). The molecule has 2 atom stereocenters. The van der Waals surface area contributed by atoms with E-state index in [1.807, 2.05) is 26.0 Å². The van der Waals surface area contributed by atoms with Gasteiger partial charge in [0.2, 0.25) is 0 Å². The number of phenolic OH excluding ortho intramolecular Hbond substituents is 1. The Morgan fingerprint density at radius 2 is 1.78 bits per heavy atom. The molecule has 2 heterocycles. The van der Waals surface area contributed by atoms with E-state index in [9.17, 15) is 5.11 Å². The minimum atomic E-state index is 0.355. The lowest BCUT2D eigenvalue weighted by atomic mass is 9.95. The highest BCUT2D eigenvalue weighted by molar-refractivity contribution is 5.25. The van der Waals surface area contributed by atoms with Crippen LogP contribution in [0.1, 0.15) is 84.6 Å². The summed E-state index contributed by atoms with van der Waals surface area (Å²) in [6, 6.07) is 8.44. The number of benzene rings is 1. The molecular formula is C24H44N2O. The lowest BCUT2D eigenvalue weighted by Gasteiger charge is -2.32. The van der Waals surface area contributed by atoms with Gasteiger partial charge in [-0.25, -0.2) is 0 Å². The monoisotopic (exact) mass is 376 g/mol. The van der Waals surface area contributed by atoms with Gasteiger partial charge in [-0.1, -0.05) is 59.1 Å². The van der Waals surface area contributed by atoms with Crippen molar-refractivity contribution < 1.29 is 5.11 Å². The van der Waals surface area contributed by atoms with E-state index in [2.05, 4.69) is 24.1 Å². The zero-order valence-electron chi connectivity index (χ0n) is 18.3. The van der Waals surface area contributed by atoms with Crippen molar-refractivity contribution in [3.8, 4) is 5.75 Å². The van der Waals surface area contributed by atoms with Crippen LogP contribution in [0.15, 0.2) is 24.3 Å². The average Bonchev–Trinajstić information content (AvgIpc) is 2.73. The molecule has 156 valence electrons. The van der Waals surface area contributed by atoms with Crippen LogP contribution < -0.4 is 5.32 Å². The van der Waals surface area contributed by atoms with Gasteiger partial charge in [0.15, 0.2) is 0 Å².